The minimum Gasteiger partial charge on any atom is -0.399 e. The molecule has 2 nitrogen and oxygen atoms in total. The first kappa shape index (κ1) is 10.6. The molecule has 1 aromatic rings. The molecule has 2 heteroatoms. The van der Waals surface area contributed by atoms with Crippen LogP contribution in [0.15, 0.2) is 29.8 Å². The number of hydrogen-bond donors (Lipinski definition) is 2. The molecule has 3 N–H and O–H groups in total. The van der Waals surface area contributed by atoms with Crippen molar-refractivity contribution >= 4 is 11.4 Å². The predicted octanol–water partition coefficient (Wildman–Crippen LogP) is 2.96. The summed E-state index contributed by atoms with van der Waals surface area (Å²) >= 11 is 0. The van der Waals surface area contributed by atoms with Crippen molar-refractivity contribution in [2.24, 2.45) is 0 Å². The number of allylic oxidation sites excluding steroid dienone is 1. The van der Waals surface area contributed by atoms with Crippen LogP contribution in [0.2, 0.25) is 0 Å². The van der Waals surface area contributed by atoms with Crippen LogP contribution >= 0.6 is 0 Å². The summed E-state index contributed by atoms with van der Waals surface area (Å²) in [6.45, 7) is 7.11. The highest BCUT2D eigenvalue weighted by molar-refractivity contribution is 5.57. The van der Waals surface area contributed by atoms with Crippen LogP contribution in [-0.4, -0.2) is 6.54 Å². The van der Waals surface area contributed by atoms with Crippen LogP contribution in [-0.2, 0) is 0 Å². The van der Waals surface area contributed by atoms with E-state index in [2.05, 4.69) is 32.2 Å². The lowest BCUT2D eigenvalue weighted by Crippen LogP contribution is -2.01. The lowest BCUT2D eigenvalue weighted by Gasteiger charge is -2.08. The molecule has 14 heavy (non-hydrogen) atoms. The molecule has 0 saturated carbocycles. The summed E-state index contributed by atoms with van der Waals surface area (Å²) in [5, 5.41) is 3.34. The average molecular weight is 190 g/mol. The van der Waals surface area contributed by atoms with Crippen molar-refractivity contribution < 1.29 is 0 Å². The van der Waals surface area contributed by atoms with E-state index in [9.17, 15) is 0 Å². The van der Waals surface area contributed by atoms with Crippen molar-refractivity contribution in [3.05, 3.63) is 35.4 Å². The van der Waals surface area contributed by atoms with Gasteiger partial charge in [-0.05, 0) is 44.5 Å². The van der Waals surface area contributed by atoms with Gasteiger partial charge in [-0.15, -0.1) is 0 Å². The van der Waals surface area contributed by atoms with Gasteiger partial charge >= 0.3 is 0 Å². The van der Waals surface area contributed by atoms with Gasteiger partial charge in [0.15, 0.2) is 0 Å². The number of hydrogen-bond acceptors (Lipinski definition) is 2. The summed E-state index contributed by atoms with van der Waals surface area (Å²) < 4.78 is 0. The van der Waals surface area contributed by atoms with Crippen molar-refractivity contribution in [3.63, 3.8) is 0 Å². The molecule has 0 amide bonds. The SMILES string of the molecule is CC(C)=CCNc1ccc(N)cc1C. The van der Waals surface area contributed by atoms with Gasteiger partial charge in [-0.25, -0.2) is 0 Å². The van der Waals surface area contributed by atoms with E-state index in [4.69, 9.17) is 5.73 Å². The first-order chi connectivity index (χ1) is 6.59. The number of nitrogen functional groups attached to an aromatic ring is 1. The molecule has 0 atom stereocenters. The number of benzene rings is 1. The fraction of sp³-hybridized carbons (Fsp3) is 0.333. The van der Waals surface area contributed by atoms with Crippen LogP contribution in [0.25, 0.3) is 0 Å². The highest BCUT2D eigenvalue weighted by Gasteiger charge is 1.95. The normalized spacial score (nSPS) is 9.64. The summed E-state index contributed by atoms with van der Waals surface area (Å²) in [6, 6.07) is 5.91. The Bertz CT molecular complexity index is 336. The third kappa shape index (κ3) is 3.13. The summed E-state index contributed by atoms with van der Waals surface area (Å²) in [6.07, 6.45) is 2.16. The molecular formula is C12H18N2. The first-order valence-electron chi connectivity index (χ1n) is 4.83. The van der Waals surface area contributed by atoms with Gasteiger partial charge in [0.1, 0.15) is 0 Å². The first-order valence-corrected chi connectivity index (χ1v) is 4.83. The van der Waals surface area contributed by atoms with Gasteiger partial charge in [-0.3, -0.25) is 0 Å². The minimum atomic E-state index is 0.815. The lowest BCUT2D eigenvalue weighted by atomic mass is 10.2. The standard InChI is InChI=1S/C12H18N2/c1-9(2)6-7-14-12-5-4-11(13)8-10(12)3/h4-6,8,14H,7,13H2,1-3H3. The van der Waals surface area contributed by atoms with E-state index >= 15 is 0 Å². The molecule has 0 aliphatic rings. The zero-order valence-electron chi connectivity index (χ0n) is 9.09. The molecule has 76 valence electrons. The van der Waals surface area contributed by atoms with Gasteiger partial charge < -0.3 is 11.1 Å². The van der Waals surface area contributed by atoms with Crippen molar-refractivity contribution in [2.75, 3.05) is 17.6 Å². The molecule has 0 aromatic heterocycles. The Kier molecular flexibility index (Phi) is 3.57. The van der Waals surface area contributed by atoms with E-state index in [0.29, 0.717) is 0 Å². The van der Waals surface area contributed by atoms with Gasteiger partial charge in [-0.2, -0.15) is 0 Å². The van der Waals surface area contributed by atoms with Gasteiger partial charge in [0.05, 0.1) is 0 Å². The molecule has 0 radical (unpaired) electrons. The number of aryl methyl sites for hydroxylation is 1. The summed E-state index contributed by atoms with van der Waals surface area (Å²) in [5.74, 6) is 0. The van der Waals surface area contributed by atoms with Gasteiger partial charge in [0, 0.05) is 17.9 Å². The van der Waals surface area contributed by atoms with Crippen LogP contribution in [0, 0.1) is 6.92 Å². The van der Waals surface area contributed by atoms with Gasteiger partial charge in [0.25, 0.3) is 0 Å². The van der Waals surface area contributed by atoms with E-state index in [0.717, 1.165) is 17.9 Å². The maximum absolute atomic E-state index is 5.66. The molecule has 0 saturated heterocycles. The van der Waals surface area contributed by atoms with E-state index in [1.807, 2.05) is 18.2 Å². The molecule has 1 rings (SSSR count). The largest absolute Gasteiger partial charge is 0.399 e. The quantitative estimate of drug-likeness (QED) is 0.568. The molecule has 0 aliphatic heterocycles. The Morgan fingerprint density at radius 2 is 2.14 bits per heavy atom. The third-order valence-electron chi connectivity index (χ3n) is 2.05. The smallest absolute Gasteiger partial charge is 0.0373 e. The molecule has 0 bridgehead atoms. The monoisotopic (exact) mass is 190 g/mol. The summed E-state index contributed by atoms with van der Waals surface area (Å²) in [4.78, 5) is 0. The maximum Gasteiger partial charge on any atom is 0.0373 e. The average Bonchev–Trinajstić information content (AvgIpc) is 2.08. The topological polar surface area (TPSA) is 38.0 Å². The molecule has 0 spiro atoms. The minimum absolute atomic E-state index is 0.815. The van der Waals surface area contributed by atoms with E-state index in [1.165, 1.54) is 11.1 Å². The second kappa shape index (κ2) is 4.70. The van der Waals surface area contributed by atoms with Crippen LogP contribution in [0.4, 0.5) is 11.4 Å². The third-order valence-corrected chi connectivity index (χ3v) is 2.05. The Labute approximate surface area is 85.8 Å². The number of rotatable bonds is 3. The number of nitrogens with one attached hydrogen (secondary N) is 1. The molecular weight excluding hydrogens is 172 g/mol. The molecule has 0 aliphatic carbocycles. The Hall–Kier alpha value is -1.44. The maximum atomic E-state index is 5.66. The highest BCUT2D eigenvalue weighted by atomic mass is 14.9. The van der Waals surface area contributed by atoms with Gasteiger partial charge in [0.2, 0.25) is 0 Å². The second-order valence-corrected chi connectivity index (χ2v) is 3.74. The highest BCUT2D eigenvalue weighted by Crippen LogP contribution is 2.17. The van der Waals surface area contributed by atoms with E-state index in [-0.39, 0.29) is 0 Å². The van der Waals surface area contributed by atoms with Crippen molar-refractivity contribution in [1.82, 2.24) is 0 Å². The fourth-order valence-electron chi connectivity index (χ4n) is 1.25. The van der Waals surface area contributed by atoms with Crippen molar-refractivity contribution in [1.29, 1.82) is 0 Å². The molecule has 0 fully saturated rings. The molecule has 0 heterocycles. The Balaban J connectivity index is 2.64. The van der Waals surface area contributed by atoms with Crippen LogP contribution in [0.3, 0.4) is 0 Å². The Morgan fingerprint density at radius 1 is 1.43 bits per heavy atom. The van der Waals surface area contributed by atoms with Gasteiger partial charge in [-0.1, -0.05) is 11.6 Å². The van der Waals surface area contributed by atoms with E-state index in [1.54, 1.807) is 0 Å². The van der Waals surface area contributed by atoms with Crippen LogP contribution in [0.1, 0.15) is 19.4 Å². The molecule has 0 unspecified atom stereocenters. The fourth-order valence-corrected chi connectivity index (χ4v) is 1.25. The summed E-state index contributed by atoms with van der Waals surface area (Å²) in [7, 11) is 0. The van der Waals surface area contributed by atoms with Crippen LogP contribution in [0.5, 0.6) is 0 Å². The van der Waals surface area contributed by atoms with Crippen LogP contribution < -0.4 is 11.1 Å². The zero-order chi connectivity index (χ0) is 10.6. The van der Waals surface area contributed by atoms with Crippen molar-refractivity contribution in [2.45, 2.75) is 20.8 Å². The Morgan fingerprint density at radius 3 is 2.71 bits per heavy atom. The second-order valence-electron chi connectivity index (χ2n) is 3.74. The van der Waals surface area contributed by atoms with E-state index < -0.39 is 0 Å². The number of nitrogens with two attached hydrogens (primary N) is 1. The lowest BCUT2D eigenvalue weighted by molar-refractivity contribution is 1.25. The predicted molar refractivity (Wildman–Crippen MR) is 63.5 cm³/mol. The zero-order valence-corrected chi connectivity index (χ0v) is 9.09. The van der Waals surface area contributed by atoms with Crippen molar-refractivity contribution in [3.8, 4) is 0 Å². The summed E-state index contributed by atoms with van der Waals surface area (Å²) in [5.41, 5.74) is 10.1. The number of anilines is 2. The molecule has 1 aromatic carbocycles.